The SMILES string of the molecule is CC(C)(CNC(=O)C1CCC1)c1c[nH]c2cc(F)ccc12. The maximum atomic E-state index is 13.3. The molecule has 1 saturated carbocycles. The van der Waals surface area contributed by atoms with E-state index in [1.165, 1.54) is 12.1 Å². The summed E-state index contributed by atoms with van der Waals surface area (Å²) in [5.41, 5.74) is 1.70. The van der Waals surface area contributed by atoms with Gasteiger partial charge < -0.3 is 10.3 Å². The third-order valence-electron chi connectivity index (χ3n) is 4.55. The molecule has 3 nitrogen and oxygen atoms in total. The molecule has 1 aliphatic carbocycles. The van der Waals surface area contributed by atoms with Crippen molar-refractivity contribution >= 4 is 16.8 Å². The molecule has 1 aliphatic rings. The third-order valence-corrected chi connectivity index (χ3v) is 4.55. The van der Waals surface area contributed by atoms with Crippen LogP contribution in [0.1, 0.15) is 38.7 Å². The average molecular weight is 288 g/mol. The number of carbonyl (C=O) groups is 1. The molecule has 112 valence electrons. The van der Waals surface area contributed by atoms with E-state index in [9.17, 15) is 9.18 Å². The maximum absolute atomic E-state index is 13.3. The highest BCUT2D eigenvalue weighted by Crippen LogP contribution is 2.31. The van der Waals surface area contributed by atoms with Crippen LogP contribution in [0.25, 0.3) is 10.9 Å². The second kappa shape index (κ2) is 5.17. The van der Waals surface area contributed by atoms with Gasteiger partial charge in [-0.25, -0.2) is 4.39 Å². The maximum Gasteiger partial charge on any atom is 0.223 e. The molecule has 3 rings (SSSR count). The van der Waals surface area contributed by atoms with Crippen molar-refractivity contribution in [1.29, 1.82) is 0 Å². The van der Waals surface area contributed by atoms with Crippen molar-refractivity contribution in [3.63, 3.8) is 0 Å². The van der Waals surface area contributed by atoms with Gasteiger partial charge in [-0.3, -0.25) is 4.79 Å². The van der Waals surface area contributed by atoms with Crippen molar-refractivity contribution in [3.8, 4) is 0 Å². The summed E-state index contributed by atoms with van der Waals surface area (Å²) < 4.78 is 13.3. The van der Waals surface area contributed by atoms with Crippen LogP contribution in [0.4, 0.5) is 4.39 Å². The van der Waals surface area contributed by atoms with Crippen LogP contribution in [0.2, 0.25) is 0 Å². The summed E-state index contributed by atoms with van der Waals surface area (Å²) in [6, 6.07) is 4.77. The molecule has 0 aliphatic heterocycles. The fourth-order valence-electron chi connectivity index (χ4n) is 2.88. The number of H-pyrrole nitrogens is 1. The number of nitrogens with one attached hydrogen (secondary N) is 2. The normalized spacial score (nSPS) is 16.0. The van der Waals surface area contributed by atoms with E-state index in [1.807, 2.05) is 6.20 Å². The first-order valence-corrected chi connectivity index (χ1v) is 7.52. The molecular weight excluding hydrogens is 267 g/mol. The van der Waals surface area contributed by atoms with E-state index >= 15 is 0 Å². The lowest BCUT2D eigenvalue weighted by molar-refractivity contribution is -0.127. The molecule has 1 heterocycles. The number of halogens is 1. The van der Waals surface area contributed by atoms with Crippen LogP contribution in [-0.4, -0.2) is 17.4 Å². The standard InChI is InChI=1S/C17H21FN2O/c1-17(2,10-20-16(21)11-4-3-5-11)14-9-19-15-8-12(18)6-7-13(14)15/h6-9,11,19H,3-5,10H2,1-2H3,(H,20,21). The molecule has 1 aromatic carbocycles. The first-order valence-electron chi connectivity index (χ1n) is 7.52. The largest absolute Gasteiger partial charge is 0.361 e. The van der Waals surface area contributed by atoms with Crippen LogP contribution in [0.5, 0.6) is 0 Å². The van der Waals surface area contributed by atoms with Crippen LogP contribution < -0.4 is 5.32 Å². The van der Waals surface area contributed by atoms with E-state index in [4.69, 9.17) is 0 Å². The summed E-state index contributed by atoms with van der Waals surface area (Å²) in [4.78, 5) is 15.1. The lowest BCUT2D eigenvalue weighted by Crippen LogP contribution is -2.41. The summed E-state index contributed by atoms with van der Waals surface area (Å²) in [6.45, 7) is 4.78. The number of aromatic nitrogens is 1. The molecule has 0 unspecified atom stereocenters. The van der Waals surface area contributed by atoms with Crippen LogP contribution in [0.15, 0.2) is 24.4 Å². The Balaban J connectivity index is 1.77. The number of benzene rings is 1. The highest BCUT2D eigenvalue weighted by molar-refractivity contribution is 5.84. The Morgan fingerprint density at radius 2 is 2.19 bits per heavy atom. The molecule has 0 radical (unpaired) electrons. The third kappa shape index (κ3) is 2.67. The molecule has 0 spiro atoms. The van der Waals surface area contributed by atoms with Gasteiger partial charge in [0.1, 0.15) is 5.82 Å². The molecule has 0 bridgehead atoms. The van der Waals surface area contributed by atoms with E-state index in [-0.39, 0.29) is 23.1 Å². The van der Waals surface area contributed by atoms with Crippen LogP contribution in [0, 0.1) is 11.7 Å². The van der Waals surface area contributed by atoms with Gasteiger partial charge in [0.25, 0.3) is 0 Å². The van der Waals surface area contributed by atoms with E-state index in [0.29, 0.717) is 6.54 Å². The smallest absolute Gasteiger partial charge is 0.223 e. The molecule has 21 heavy (non-hydrogen) atoms. The zero-order chi connectivity index (χ0) is 15.0. The van der Waals surface area contributed by atoms with Crippen molar-refractivity contribution in [2.24, 2.45) is 5.92 Å². The topological polar surface area (TPSA) is 44.9 Å². The van der Waals surface area contributed by atoms with Gasteiger partial charge in [0, 0.05) is 35.0 Å². The van der Waals surface area contributed by atoms with Gasteiger partial charge in [0.2, 0.25) is 5.91 Å². The van der Waals surface area contributed by atoms with Crippen LogP contribution >= 0.6 is 0 Å². The quantitative estimate of drug-likeness (QED) is 0.888. The highest BCUT2D eigenvalue weighted by atomic mass is 19.1. The summed E-state index contributed by atoms with van der Waals surface area (Å²) in [6.07, 6.45) is 5.10. The van der Waals surface area contributed by atoms with Gasteiger partial charge in [-0.15, -0.1) is 0 Å². The number of rotatable bonds is 4. The van der Waals surface area contributed by atoms with Crippen molar-refractivity contribution in [2.45, 2.75) is 38.5 Å². The minimum atomic E-state index is -0.244. The van der Waals surface area contributed by atoms with Crippen LogP contribution in [-0.2, 0) is 10.2 Å². The summed E-state index contributed by atoms with van der Waals surface area (Å²) in [7, 11) is 0. The van der Waals surface area contributed by atoms with Gasteiger partial charge in [-0.1, -0.05) is 20.3 Å². The Bertz CT molecular complexity index is 670. The molecule has 2 N–H and O–H groups in total. The number of fused-ring (bicyclic) bond motifs is 1. The Labute approximate surface area is 123 Å². The fraction of sp³-hybridized carbons (Fsp3) is 0.471. The Morgan fingerprint density at radius 1 is 1.43 bits per heavy atom. The molecule has 4 heteroatoms. The average Bonchev–Trinajstić information content (AvgIpc) is 2.78. The minimum Gasteiger partial charge on any atom is -0.361 e. The van der Waals surface area contributed by atoms with E-state index in [0.717, 1.165) is 35.7 Å². The fourth-order valence-corrected chi connectivity index (χ4v) is 2.88. The molecule has 1 fully saturated rings. The molecule has 1 amide bonds. The highest BCUT2D eigenvalue weighted by Gasteiger charge is 2.29. The van der Waals surface area contributed by atoms with Crippen molar-refractivity contribution in [1.82, 2.24) is 10.3 Å². The minimum absolute atomic E-state index is 0.167. The molecule has 2 aromatic rings. The molecule has 0 atom stereocenters. The molecule has 1 aromatic heterocycles. The summed E-state index contributed by atoms with van der Waals surface area (Å²) in [5.74, 6) is 0.130. The van der Waals surface area contributed by atoms with Crippen molar-refractivity contribution in [3.05, 3.63) is 35.8 Å². The first-order chi connectivity index (χ1) is 9.97. The summed E-state index contributed by atoms with van der Waals surface area (Å²) in [5, 5.41) is 4.08. The van der Waals surface area contributed by atoms with Crippen molar-refractivity contribution in [2.75, 3.05) is 6.54 Å². The number of amides is 1. The van der Waals surface area contributed by atoms with E-state index in [2.05, 4.69) is 24.1 Å². The van der Waals surface area contributed by atoms with E-state index in [1.54, 1.807) is 6.07 Å². The second-order valence-electron chi connectivity index (χ2n) is 6.62. The van der Waals surface area contributed by atoms with Crippen LogP contribution in [0.3, 0.4) is 0 Å². The zero-order valence-corrected chi connectivity index (χ0v) is 12.5. The van der Waals surface area contributed by atoms with Gasteiger partial charge in [-0.05, 0) is 36.6 Å². The van der Waals surface area contributed by atoms with Gasteiger partial charge >= 0.3 is 0 Å². The number of aromatic amines is 1. The van der Waals surface area contributed by atoms with Gasteiger partial charge in [0.15, 0.2) is 0 Å². The predicted molar refractivity (Wildman–Crippen MR) is 81.6 cm³/mol. The lowest BCUT2D eigenvalue weighted by atomic mass is 9.82. The number of hydrogen-bond donors (Lipinski definition) is 2. The molecule has 0 saturated heterocycles. The second-order valence-corrected chi connectivity index (χ2v) is 6.62. The Kier molecular flexibility index (Phi) is 3.47. The first kappa shape index (κ1) is 14.1. The Morgan fingerprint density at radius 3 is 2.86 bits per heavy atom. The monoisotopic (exact) mass is 288 g/mol. The van der Waals surface area contributed by atoms with E-state index < -0.39 is 0 Å². The Hall–Kier alpha value is -1.84. The number of carbonyl (C=O) groups excluding carboxylic acids is 1. The molecular formula is C17H21FN2O. The zero-order valence-electron chi connectivity index (χ0n) is 12.5. The van der Waals surface area contributed by atoms with Gasteiger partial charge in [-0.2, -0.15) is 0 Å². The number of hydrogen-bond acceptors (Lipinski definition) is 1. The lowest BCUT2D eigenvalue weighted by Gasteiger charge is -2.29. The predicted octanol–water partition coefficient (Wildman–Crippen LogP) is 3.50. The van der Waals surface area contributed by atoms with Gasteiger partial charge in [0.05, 0.1) is 0 Å². The summed E-state index contributed by atoms with van der Waals surface area (Å²) >= 11 is 0. The van der Waals surface area contributed by atoms with Crippen molar-refractivity contribution < 1.29 is 9.18 Å².